The maximum Gasteiger partial charge on any atom is 0.138 e. The summed E-state index contributed by atoms with van der Waals surface area (Å²) < 4.78 is 8.09. The van der Waals surface area contributed by atoms with Crippen molar-refractivity contribution < 1.29 is 4.74 Å². The average molecular weight is 281 g/mol. The fourth-order valence-corrected chi connectivity index (χ4v) is 2.61. The Morgan fingerprint density at radius 1 is 1.24 bits per heavy atom. The number of ether oxygens (including phenoxy) is 1. The normalized spacial score (nSPS) is 11.2. The van der Waals surface area contributed by atoms with E-state index in [-0.39, 0.29) is 0 Å². The Morgan fingerprint density at radius 3 is 2.81 bits per heavy atom. The minimum absolute atomic E-state index is 0.344. The van der Waals surface area contributed by atoms with Crippen LogP contribution in [0.25, 0.3) is 10.9 Å². The number of nitrogen functional groups attached to an aromatic ring is 1. The van der Waals surface area contributed by atoms with Gasteiger partial charge in [0.15, 0.2) is 0 Å². The lowest BCUT2D eigenvalue weighted by atomic mass is 10.2. The second kappa shape index (κ2) is 5.48. The molecular weight excluding hydrogens is 262 g/mol. The molecule has 0 amide bonds. The fraction of sp³-hybridized carbons (Fsp3) is 0.235. The lowest BCUT2D eigenvalue weighted by molar-refractivity contribution is 0.292. The SMILES string of the molecule is CC(C)n1c(COc2cccnc2)cc2ccc(N)cc21. The summed E-state index contributed by atoms with van der Waals surface area (Å²) in [4.78, 5) is 4.06. The molecule has 0 spiro atoms. The summed E-state index contributed by atoms with van der Waals surface area (Å²) in [5, 5.41) is 1.18. The van der Waals surface area contributed by atoms with Crippen molar-refractivity contribution in [1.82, 2.24) is 9.55 Å². The molecule has 108 valence electrons. The molecule has 3 rings (SSSR count). The number of rotatable bonds is 4. The maximum atomic E-state index is 5.91. The molecule has 2 N–H and O–H groups in total. The first-order valence-electron chi connectivity index (χ1n) is 7.07. The average Bonchev–Trinajstić information content (AvgIpc) is 2.84. The van der Waals surface area contributed by atoms with Gasteiger partial charge in [-0.15, -0.1) is 0 Å². The van der Waals surface area contributed by atoms with Gasteiger partial charge in [0.25, 0.3) is 0 Å². The minimum Gasteiger partial charge on any atom is -0.486 e. The van der Waals surface area contributed by atoms with Gasteiger partial charge in [-0.05, 0) is 44.2 Å². The summed E-state index contributed by atoms with van der Waals surface area (Å²) in [6.07, 6.45) is 3.46. The third kappa shape index (κ3) is 2.70. The van der Waals surface area contributed by atoms with E-state index >= 15 is 0 Å². The monoisotopic (exact) mass is 281 g/mol. The summed E-state index contributed by atoms with van der Waals surface area (Å²) in [5.74, 6) is 0.776. The van der Waals surface area contributed by atoms with Gasteiger partial charge in [-0.1, -0.05) is 6.07 Å². The highest BCUT2D eigenvalue weighted by Crippen LogP contribution is 2.26. The molecule has 0 bridgehead atoms. The smallest absolute Gasteiger partial charge is 0.138 e. The zero-order chi connectivity index (χ0) is 14.8. The van der Waals surface area contributed by atoms with Gasteiger partial charge in [0.1, 0.15) is 12.4 Å². The lowest BCUT2D eigenvalue weighted by Gasteiger charge is -2.15. The van der Waals surface area contributed by atoms with Crippen molar-refractivity contribution in [2.24, 2.45) is 0 Å². The molecule has 1 aromatic carbocycles. The number of hydrogen-bond donors (Lipinski definition) is 1. The van der Waals surface area contributed by atoms with Gasteiger partial charge in [0.2, 0.25) is 0 Å². The van der Waals surface area contributed by atoms with Gasteiger partial charge in [-0.2, -0.15) is 0 Å². The molecule has 0 aliphatic carbocycles. The van der Waals surface area contributed by atoms with Crippen LogP contribution in [0.1, 0.15) is 25.6 Å². The summed E-state index contributed by atoms with van der Waals surface area (Å²) >= 11 is 0. The number of benzene rings is 1. The third-order valence-electron chi connectivity index (χ3n) is 3.48. The van der Waals surface area contributed by atoms with Gasteiger partial charge in [-0.25, -0.2) is 0 Å². The first-order valence-corrected chi connectivity index (χ1v) is 7.07. The Kier molecular flexibility index (Phi) is 3.52. The molecule has 2 aromatic heterocycles. The number of hydrogen-bond acceptors (Lipinski definition) is 3. The molecule has 0 fully saturated rings. The molecule has 3 aromatic rings. The predicted molar refractivity (Wildman–Crippen MR) is 85.3 cm³/mol. The fourth-order valence-electron chi connectivity index (χ4n) is 2.61. The van der Waals surface area contributed by atoms with Crippen LogP contribution in [-0.2, 0) is 6.61 Å². The highest BCUT2D eigenvalue weighted by Gasteiger charge is 2.12. The van der Waals surface area contributed by atoms with Crippen LogP contribution in [0.15, 0.2) is 48.8 Å². The first-order chi connectivity index (χ1) is 10.1. The number of nitrogens with zero attached hydrogens (tertiary/aromatic N) is 2. The summed E-state index contributed by atoms with van der Waals surface area (Å²) in [7, 11) is 0. The first kappa shape index (κ1) is 13.5. The predicted octanol–water partition coefficient (Wildman–Crippen LogP) is 3.78. The van der Waals surface area contributed by atoms with E-state index in [1.807, 2.05) is 24.3 Å². The van der Waals surface area contributed by atoms with Gasteiger partial charge >= 0.3 is 0 Å². The topological polar surface area (TPSA) is 53.1 Å². The second-order valence-electron chi connectivity index (χ2n) is 5.40. The highest BCUT2D eigenvalue weighted by atomic mass is 16.5. The summed E-state index contributed by atoms with van der Waals surface area (Å²) in [5.41, 5.74) is 8.98. The Morgan fingerprint density at radius 2 is 2.10 bits per heavy atom. The highest BCUT2D eigenvalue weighted by molar-refractivity contribution is 5.84. The zero-order valence-electron chi connectivity index (χ0n) is 12.3. The molecule has 21 heavy (non-hydrogen) atoms. The quantitative estimate of drug-likeness (QED) is 0.740. The van der Waals surface area contributed by atoms with Gasteiger partial charge in [0, 0.05) is 23.3 Å². The van der Waals surface area contributed by atoms with E-state index in [1.165, 1.54) is 5.39 Å². The van der Waals surface area contributed by atoms with E-state index in [2.05, 4.69) is 35.5 Å². The van der Waals surface area contributed by atoms with Crippen LogP contribution in [0.5, 0.6) is 5.75 Å². The van der Waals surface area contributed by atoms with Crippen LogP contribution >= 0.6 is 0 Å². The Labute approximate surface area is 124 Å². The van der Waals surface area contributed by atoms with Gasteiger partial charge in [-0.3, -0.25) is 4.98 Å². The number of nitrogens with two attached hydrogens (primary N) is 1. The van der Waals surface area contributed by atoms with Crippen molar-refractivity contribution in [2.75, 3.05) is 5.73 Å². The van der Waals surface area contributed by atoms with E-state index in [0.717, 1.165) is 22.6 Å². The number of pyridine rings is 1. The van der Waals surface area contributed by atoms with Crippen LogP contribution in [0, 0.1) is 0 Å². The molecule has 0 aliphatic heterocycles. The van der Waals surface area contributed by atoms with Gasteiger partial charge < -0.3 is 15.0 Å². The Hall–Kier alpha value is -2.49. The Balaban J connectivity index is 1.96. The van der Waals surface area contributed by atoms with Crippen LogP contribution < -0.4 is 10.5 Å². The van der Waals surface area contributed by atoms with Crippen molar-refractivity contribution in [3.8, 4) is 5.75 Å². The van der Waals surface area contributed by atoms with Crippen molar-refractivity contribution in [3.05, 3.63) is 54.5 Å². The van der Waals surface area contributed by atoms with E-state index in [4.69, 9.17) is 10.5 Å². The van der Waals surface area contributed by atoms with Gasteiger partial charge in [0.05, 0.1) is 17.4 Å². The van der Waals surface area contributed by atoms with Crippen LogP contribution in [-0.4, -0.2) is 9.55 Å². The number of anilines is 1. The van der Waals surface area contributed by atoms with Crippen molar-refractivity contribution in [2.45, 2.75) is 26.5 Å². The molecular formula is C17H19N3O. The van der Waals surface area contributed by atoms with E-state index < -0.39 is 0 Å². The van der Waals surface area contributed by atoms with Crippen molar-refractivity contribution >= 4 is 16.6 Å². The molecule has 0 atom stereocenters. The minimum atomic E-state index is 0.344. The van der Waals surface area contributed by atoms with Crippen molar-refractivity contribution in [3.63, 3.8) is 0 Å². The second-order valence-corrected chi connectivity index (χ2v) is 5.40. The zero-order valence-corrected chi connectivity index (χ0v) is 12.3. The molecule has 2 heterocycles. The molecule has 0 unspecified atom stereocenters. The van der Waals surface area contributed by atoms with E-state index in [0.29, 0.717) is 12.6 Å². The Bertz CT molecular complexity index is 747. The maximum absolute atomic E-state index is 5.91. The number of aromatic nitrogens is 2. The standard InChI is InChI=1S/C17H19N3O/c1-12(2)20-15(11-21-16-4-3-7-19-10-16)8-13-5-6-14(18)9-17(13)20/h3-10,12H,11,18H2,1-2H3. The van der Waals surface area contributed by atoms with Crippen LogP contribution in [0.2, 0.25) is 0 Å². The molecule has 0 saturated heterocycles. The summed E-state index contributed by atoms with van der Waals surface area (Å²) in [6, 6.07) is 12.3. The number of fused-ring (bicyclic) bond motifs is 1. The largest absolute Gasteiger partial charge is 0.486 e. The molecule has 4 nitrogen and oxygen atoms in total. The molecule has 0 saturated carbocycles. The molecule has 0 aliphatic rings. The van der Waals surface area contributed by atoms with Crippen molar-refractivity contribution in [1.29, 1.82) is 0 Å². The van der Waals surface area contributed by atoms with E-state index in [1.54, 1.807) is 12.4 Å². The molecule has 4 heteroatoms. The van der Waals surface area contributed by atoms with Crippen LogP contribution in [0.3, 0.4) is 0 Å². The van der Waals surface area contributed by atoms with E-state index in [9.17, 15) is 0 Å². The van der Waals surface area contributed by atoms with Crippen LogP contribution in [0.4, 0.5) is 5.69 Å². The lowest BCUT2D eigenvalue weighted by Crippen LogP contribution is -2.08. The molecule has 0 radical (unpaired) electrons. The third-order valence-corrected chi connectivity index (χ3v) is 3.48. The summed E-state index contributed by atoms with van der Waals surface area (Å²) in [6.45, 7) is 4.84.